The third-order valence-corrected chi connectivity index (χ3v) is 17.9. The van der Waals surface area contributed by atoms with Crippen molar-refractivity contribution in [1.82, 2.24) is 0 Å². The minimum absolute atomic E-state index is 0.107. The molecule has 0 aromatic carbocycles. The first-order chi connectivity index (χ1) is 42.5. The normalized spacial score (nSPS) is 14.1. The Kier molecular flexibility index (Phi) is 61.1. The van der Waals surface area contributed by atoms with E-state index in [1.54, 1.807) is 0 Å². The Balaban J connectivity index is 5.23. The topological polar surface area (TPSA) is 237 Å². The number of esters is 4. The second-order valence-corrected chi connectivity index (χ2v) is 28.3. The highest BCUT2D eigenvalue weighted by Gasteiger charge is 2.30. The van der Waals surface area contributed by atoms with Crippen LogP contribution in [0.2, 0.25) is 0 Å². The van der Waals surface area contributed by atoms with Crippen LogP contribution in [-0.4, -0.2) is 96.7 Å². The van der Waals surface area contributed by atoms with Gasteiger partial charge in [0.15, 0.2) is 12.2 Å². The first kappa shape index (κ1) is 86.1. The highest BCUT2D eigenvalue weighted by molar-refractivity contribution is 7.47. The zero-order valence-electron chi connectivity index (χ0n) is 56.9. The number of carbonyl (C=O) groups excluding carboxylic acids is 4. The van der Waals surface area contributed by atoms with Crippen molar-refractivity contribution in [3.63, 3.8) is 0 Å². The summed E-state index contributed by atoms with van der Waals surface area (Å²) in [4.78, 5) is 72.4. The number of aliphatic hydroxyl groups is 1. The van der Waals surface area contributed by atoms with Crippen molar-refractivity contribution >= 4 is 39.5 Å². The maximum Gasteiger partial charge on any atom is 0.472 e. The van der Waals surface area contributed by atoms with E-state index in [4.69, 9.17) is 37.0 Å². The second-order valence-electron chi connectivity index (χ2n) is 25.4. The lowest BCUT2D eigenvalue weighted by Crippen LogP contribution is -2.30. The lowest BCUT2D eigenvalue weighted by Gasteiger charge is -2.21. The molecule has 0 rings (SSSR count). The molecule has 0 bridgehead atoms. The minimum Gasteiger partial charge on any atom is -0.462 e. The number of aliphatic hydroxyl groups excluding tert-OH is 1. The van der Waals surface area contributed by atoms with Crippen LogP contribution in [0.15, 0.2) is 0 Å². The molecule has 0 amide bonds. The molecule has 0 radical (unpaired) electrons. The smallest absolute Gasteiger partial charge is 0.462 e. The van der Waals surface area contributed by atoms with Gasteiger partial charge in [-0.3, -0.25) is 37.3 Å². The Bertz CT molecular complexity index is 1700. The van der Waals surface area contributed by atoms with Gasteiger partial charge in [0.1, 0.15) is 19.3 Å². The van der Waals surface area contributed by atoms with E-state index in [2.05, 4.69) is 34.6 Å². The van der Waals surface area contributed by atoms with Gasteiger partial charge < -0.3 is 33.8 Å². The van der Waals surface area contributed by atoms with Crippen molar-refractivity contribution in [2.75, 3.05) is 39.6 Å². The van der Waals surface area contributed by atoms with Crippen LogP contribution in [0.25, 0.3) is 0 Å². The van der Waals surface area contributed by atoms with Gasteiger partial charge in [0.25, 0.3) is 0 Å². The van der Waals surface area contributed by atoms with E-state index in [1.165, 1.54) is 180 Å². The summed E-state index contributed by atoms with van der Waals surface area (Å²) in [6, 6.07) is 0. The number of rotatable bonds is 69. The van der Waals surface area contributed by atoms with Gasteiger partial charge >= 0.3 is 39.5 Å². The highest BCUT2D eigenvalue weighted by atomic mass is 31.2. The minimum atomic E-state index is -4.95. The van der Waals surface area contributed by atoms with Crippen LogP contribution >= 0.6 is 15.6 Å². The fourth-order valence-electron chi connectivity index (χ4n) is 10.5. The molecule has 0 fully saturated rings. The predicted octanol–water partition coefficient (Wildman–Crippen LogP) is 19.7. The van der Waals surface area contributed by atoms with Gasteiger partial charge in [-0.1, -0.05) is 304 Å². The van der Waals surface area contributed by atoms with E-state index in [0.717, 1.165) is 95.8 Å². The molecule has 0 spiro atoms. The second kappa shape index (κ2) is 62.5. The van der Waals surface area contributed by atoms with E-state index < -0.39 is 97.5 Å². The molecule has 3 N–H and O–H groups in total. The molecule has 0 aliphatic carbocycles. The number of ether oxygens (including phenoxy) is 4. The molecule has 19 heteroatoms. The number of phosphoric ester groups is 2. The molecule has 2 unspecified atom stereocenters. The third-order valence-electron chi connectivity index (χ3n) is 16.0. The number of hydrogen-bond acceptors (Lipinski definition) is 15. The van der Waals surface area contributed by atoms with Gasteiger partial charge in [-0.2, -0.15) is 0 Å². The fraction of sp³-hybridized carbons (Fsp3) is 0.942. The monoisotopic (exact) mass is 1300 g/mol. The molecular weight excluding hydrogens is 1160 g/mol. The number of phosphoric acid groups is 2. The SMILES string of the molecule is CCCCCCCCCCCCCCCCC(=O)OC[C@H](COP(=O)(O)OC[C@@H](O)COP(=O)(O)OC[C@@H](COC(=O)CCCCCCCCCCCC)OC(=O)CCCCCCCCCCCC)OC(=O)CCCCCCCCCCCCCC(C)C. The van der Waals surface area contributed by atoms with E-state index in [9.17, 15) is 43.2 Å². The molecular formula is C69H134O17P2. The van der Waals surface area contributed by atoms with Gasteiger partial charge in [-0.05, 0) is 31.6 Å². The quantitative estimate of drug-likeness (QED) is 0.0222. The number of hydrogen-bond donors (Lipinski definition) is 3. The van der Waals surface area contributed by atoms with Crippen molar-refractivity contribution in [2.45, 2.75) is 374 Å². The van der Waals surface area contributed by atoms with Gasteiger partial charge in [-0.15, -0.1) is 0 Å². The molecule has 17 nitrogen and oxygen atoms in total. The molecule has 0 saturated carbocycles. The Morgan fingerprint density at radius 1 is 0.307 bits per heavy atom. The summed E-state index contributed by atoms with van der Waals surface area (Å²) in [6.45, 7) is 7.23. The van der Waals surface area contributed by atoms with E-state index in [0.29, 0.717) is 25.7 Å². The van der Waals surface area contributed by atoms with E-state index in [1.807, 2.05) is 0 Å². The van der Waals surface area contributed by atoms with Crippen molar-refractivity contribution in [3.8, 4) is 0 Å². The van der Waals surface area contributed by atoms with Crippen LogP contribution in [-0.2, 0) is 65.4 Å². The molecule has 0 heterocycles. The molecule has 5 atom stereocenters. The Morgan fingerprint density at radius 3 is 0.773 bits per heavy atom. The van der Waals surface area contributed by atoms with Crippen LogP contribution in [0.4, 0.5) is 0 Å². The van der Waals surface area contributed by atoms with Crippen molar-refractivity contribution < 1.29 is 80.2 Å². The molecule has 88 heavy (non-hydrogen) atoms. The lowest BCUT2D eigenvalue weighted by atomic mass is 10.0. The third kappa shape index (κ3) is 62.8. The zero-order valence-corrected chi connectivity index (χ0v) is 58.6. The summed E-state index contributed by atoms with van der Waals surface area (Å²) in [5.74, 6) is -1.36. The summed E-state index contributed by atoms with van der Waals surface area (Å²) in [6.07, 6.45) is 48.4. The first-order valence-electron chi connectivity index (χ1n) is 36.1. The first-order valence-corrected chi connectivity index (χ1v) is 39.1. The van der Waals surface area contributed by atoms with Crippen molar-refractivity contribution in [2.24, 2.45) is 5.92 Å². The summed E-state index contributed by atoms with van der Waals surface area (Å²) < 4.78 is 68.2. The Morgan fingerprint density at radius 2 is 0.523 bits per heavy atom. The predicted molar refractivity (Wildman–Crippen MR) is 354 cm³/mol. The molecule has 0 aromatic heterocycles. The number of carbonyl (C=O) groups is 4. The maximum absolute atomic E-state index is 13.0. The van der Waals surface area contributed by atoms with Gasteiger partial charge in [0.05, 0.1) is 26.4 Å². The molecule has 0 aliphatic rings. The van der Waals surface area contributed by atoms with Gasteiger partial charge in [-0.25, -0.2) is 9.13 Å². The Labute approximate surface area is 537 Å². The van der Waals surface area contributed by atoms with Crippen LogP contribution in [0, 0.1) is 5.92 Å². The molecule has 0 aromatic rings. The average Bonchev–Trinajstić information content (AvgIpc) is 3.71. The Hall–Kier alpha value is -1.94. The maximum atomic E-state index is 13.0. The summed E-state index contributed by atoms with van der Waals surface area (Å²) in [5.41, 5.74) is 0. The van der Waals surface area contributed by atoms with Crippen molar-refractivity contribution in [3.05, 3.63) is 0 Å². The zero-order chi connectivity index (χ0) is 64.9. The number of unbranched alkanes of at least 4 members (excludes halogenated alkanes) is 41. The van der Waals surface area contributed by atoms with Crippen LogP contribution in [0.5, 0.6) is 0 Å². The van der Waals surface area contributed by atoms with Gasteiger partial charge in [0.2, 0.25) is 0 Å². The largest absolute Gasteiger partial charge is 0.472 e. The van der Waals surface area contributed by atoms with Crippen molar-refractivity contribution in [1.29, 1.82) is 0 Å². The lowest BCUT2D eigenvalue weighted by molar-refractivity contribution is -0.161. The molecule has 0 aliphatic heterocycles. The van der Waals surface area contributed by atoms with E-state index >= 15 is 0 Å². The summed E-state index contributed by atoms with van der Waals surface area (Å²) >= 11 is 0. The summed E-state index contributed by atoms with van der Waals surface area (Å²) in [5, 5.41) is 10.6. The van der Waals surface area contributed by atoms with Crippen LogP contribution in [0.3, 0.4) is 0 Å². The molecule has 0 saturated heterocycles. The van der Waals surface area contributed by atoms with Crippen LogP contribution < -0.4 is 0 Å². The standard InChI is InChI=1S/C69H134O17P2/c1-6-9-12-15-18-21-24-25-26-29-34-38-43-48-53-67(72)80-59-65(86-69(74)55-50-45-40-35-30-27-28-31-36-41-46-51-62(4)5)61-84-88(77,78)82-57-63(70)56-81-87(75,76)83-60-64(85-68(73)54-49-44-39-33-23-20-17-14-11-8-3)58-79-66(71)52-47-42-37-32-22-19-16-13-10-7-2/h62-65,70H,6-61H2,1-5H3,(H,75,76)(H,77,78)/t63-,64+,65+/m0/s1. The van der Waals surface area contributed by atoms with E-state index in [-0.39, 0.29) is 25.7 Å². The molecule has 522 valence electrons. The van der Waals surface area contributed by atoms with Gasteiger partial charge in [0, 0.05) is 25.7 Å². The van der Waals surface area contributed by atoms with Crippen LogP contribution in [0.1, 0.15) is 356 Å². The fourth-order valence-corrected chi connectivity index (χ4v) is 12.0. The average molecular weight is 1300 g/mol. The highest BCUT2D eigenvalue weighted by Crippen LogP contribution is 2.45. The summed E-state index contributed by atoms with van der Waals surface area (Å²) in [7, 11) is -9.89.